The van der Waals surface area contributed by atoms with E-state index in [0.29, 0.717) is 0 Å². The number of allylic oxidation sites excluding steroid dienone is 1. The molecule has 1 fully saturated rings. The molecule has 66 valence electrons. The van der Waals surface area contributed by atoms with E-state index in [1.54, 1.807) is 5.56 Å². The van der Waals surface area contributed by atoms with Gasteiger partial charge in [0.05, 0.1) is 0 Å². The van der Waals surface area contributed by atoms with Crippen LogP contribution in [0.25, 0.3) is 6.08 Å². The van der Waals surface area contributed by atoms with Crippen LogP contribution < -0.4 is 0 Å². The summed E-state index contributed by atoms with van der Waals surface area (Å²) in [6, 6.07) is 8.86. The summed E-state index contributed by atoms with van der Waals surface area (Å²) < 4.78 is 0. The minimum absolute atomic E-state index is 0.834. The summed E-state index contributed by atoms with van der Waals surface area (Å²) in [5.41, 5.74) is 3.04. The molecular weight excluding hydrogens is 156 g/mol. The Balaban J connectivity index is 2.05. The molecule has 0 radical (unpaired) electrons. The molecule has 1 saturated carbocycles. The van der Waals surface area contributed by atoms with Crippen LogP contribution in [-0.4, -0.2) is 0 Å². The van der Waals surface area contributed by atoms with Gasteiger partial charge in [-0.05, 0) is 42.2 Å². The number of rotatable bonds is 1. The monoisotopic (exact) mass is 170 g/mol. The summed E-state index contributed by atoms with van der Waals surface area (Å²) in [6.07, 6.45) is 8.78. The van der Waals surface area contributed by atoms with Crippen molar-refractivity contribution in [3.63, 3.8) is 0 Å². The molecule has 2 aliphatic carbocycles. The van der Waals surface area contributed by atoms with E-state index < -0.39 is 0 Å². The molecule has 0 aromatic heterocycles. The molecule has 1 unspecified atom stereocenters. The van der Waals surface area contributed by atoms with E-state index in [1.807, 2.05) is 0 Å². The first-order chi connectivity index (χ1) is 6.45. The number of fused-ring (bicyclic) bond motifs is 1. The Morgan fingerprint density at radius 3 is 2.77 bits per heavy atom. The third-order valence-electron chi connectivity index (χ3n) is 3.27. The van der Waals surface area contributed by atoms with Crippen molar-refractivity contribution in [1.82, 2.24) is 0 Å². The largest absolute Gasteiger partial charge is 0.0833 e. The minimum Gasteiger partial charge on any atom is -0.0833 e. The number of hydrogen-bond acceptors (Lipinski definition) is 0. The van der Waals surface area contributed by atoms with Crippen LogP contribution in [0.5, 0.6) is 0 Å². The molecule has 0 N–H and O–H groups in total. The van der Waals surface area contributed by atoms with Crippen molar-refractivity contribution in [3.8, 4) is 0 Å². The fraction of sp³-hybridized carbons (Fsp3) is 0.385. The van der Waals surface area contributed by atoms with E-state index in [1.165, 1.54) is 24.8 Å². The molecule has 0 aliphatic heterocycles. The molecule has 0 nitrogen and oxygen atoms in total. The van der Waals surface area contributed by atoms with E-state index in [2.05, 4.69) is 36.4 Å². The summed E-state index contributed by atoms with van der Waals surface area (Å²) in [5, 5.41) is 0. The van der Waals surface area contributed by atoms with Crippen LogP contribution in [0.4, 0.5) is 0 Å². The lowest BCUT2D eigenvalue weighted by Gasteiger charge is -2.20. The average molecular weight is 170 g/mol. The van der Waals surface area contributed by atoms with Gasteiger partial charge in [-0.3, -0.25) is 0 Å². The van der Waals surface area contributed by atoms with Gasteiger partial charge >= 0.3 is 0 Å². The Kier molecular flexibility index (Phi) is 1.55. The summed E-state index contributed by atoms with van der Waals surface area (Å²) >= 11 is 0. The van der Waals surface area contributed by atoms with Crippen molar-refractivity contribution >= 4 is 6.08 Å². The lowest BCUT2D eigenvalue weighted by atomic mass is 9.84. The molecular formula is C13H14. The average Bonchev–Trinajstić information content (AvgIpc) is 3.00. The highest BCUT2D eigenvalue weighted by atomic mass is 14.4. The van der Waals surface area contributed by atoms with Crippen molar-refractivity contribution < 1.29 is 0 Å². The smallest absolute Gasteiger partial charge is 0.00930 e. The van der Waals surface area contributed by atoms with Crippen molar-refractivity contribution in [1.29, 1.82) is 0 Å². The zero-order valence-electron chi connectivity index (χ0n) is 7.74. The molecule has 13 heavy (non-hydrogen) atoms. The topological polar surface area (TPSA) is 0 Å². The second kappa shape index (κ2) is 2.73. The second-order valence-corrected chi connectivity index (χ2v) is 4.21. The van der Waals surface area contributed by atoms with E-state index in [4.69, 9.17) is 0 Å². The van der Waals surface area contributed by atoms with Crippen LogP contribution in [0, 0.1) is 5.92 Å². The van der Waals surface area contributed by atoms with Gasteiger partial charge < -0.3 is 0 Å². The molecule has 0 spiro atoms. The minimum atomic E-state index is 0.834. The first kappa shape index (κ1) is 7.37. The van der Waals surface area contributed by atoms with Gasteiger partial charge in [0.25, 0.3) is 0 Å². The van der Waals surface area contributed by atoms with Crippen molar-refractivity contribution in [2.75, 3.05) is 0 Å². The Morgan fingerprint density at radius 2 is 1.92 bits per heavy atom. The number of benzene rings is 1. The zero-order chi connectivity index (χ0) is 8.67. The van der Waals surface area contributed by atoms with Gasteiger partial charge in [-0.1, -0.05) is 36.4 Å². The van der Waals surface area contributed by atoms with Crippen LogP contribution in [0.2, 0.25) is 0 Å². The van der Waals surface area contributed by atoms with Crippen molar-refractivity contribution in [3.05, 3.63) is 41.5 Å². The maximum atomic E-state index is 2.34. The number of hydrogen-bond donors (Lipinski definition) is 0. The highest BCUT2D eigenvalue weighted by molar-refractivity contribution is 5.57. The summed E-state index contributed by atoms with van der Waals surface area (Å²) in [5.74, 6) is 1.83. The zero-order valence-corrected chi connectivity index (χ0v) is 7.74. The fourth-order valence-electron chi connectivity index (χ4n) is 2.41. The predicted octanol–water partition coefficient (Wildman–Crippen LogP) is 3.60. The van der Waals surface area contributed by atoms with Crippen LogP contribution in [0.1, 0.15) is 36.3 Å². The second-order valence-electron chi connectivity index (χ2n) is 4.21. The summed E-state index contributed by atoms with van der Waals surface area (Å²) in [6.45, 7) is 0. The molecule has 1 atom stereocenters. The Morgan fingerprint density at radius 1 is 1.08 bits per heavy atom. The van der Waals surface area contributed by atoms with Crippen LogP contribution in [0.3, 0.4) is 0 Å². The quantitative estimate of drug-likeness (QED) is 0.604. The molecule has 0 amide bonds. The Hall–Kier alpha value is -1.04. The van der Waals surface area contributed by atoms with Gasteiger partial charge in [-0.2, -0.15) is 0 Å². The van der Waals surface area contributed by atoms with Gasteiger partial charge in [0.15, 0.2) is 0 Å². The molecule has 2 aliphatic rings. The van der Waals surface area contributed by atoms with Gasteiger partial charge in [-0.15, -0.1) is 0 Å². The van der Waals surface area contributed by atoms with Crippen LogP contribution in [-0.2, 0) is 0 Å². The first-order valence-corrected chi connectivity index (χ1v) is 5.20. The lowest BCUT2D eigenvalue weighted by molar-refractivity contribution is 0.609. The van der Waals surface area contributed by atoms with Crippen LogP contribution in [0.15, 0.2) is 30.3 Å². The maximum Gasteiger partial charge on any atom is -0.00930 e. The molecule has 3 rings (SSSR count). The Bertz CT molecular complexity index is 345. The maximum absolute atomic E-state index is 2.34. The molecule has 0 heteroatoms. The SMILES string of the molecule is C1=Cc2ccccc2C(C2CC2)C1. The molecule has 0 heterocycles. The molecule has 0 bridgehead atoms. The van der Waals surface area contributed by atoms with Gasteiger partial charge in [0.1, 0.15) is 0 Å². The lowest BCUT2D eigenvalue weighted by Crippen LogP contribution is -2.05. The van der Waals surface area contributed by atoms with E-state index in [9.17, 15) is 0 Å². The Labute approximate surface area is 79.3 Å². The highest BCUT2D eigenvalue weighted by Crippen LogP contribution is 2.47. The van der Waals surface area contributed by atoms with E-state index >= 15 is 0 Å². The van der Waals surface area contributed by atoms with Gasteiger partial charge in [0, 0.05) is 0 Å². The van der Waals surface area contributed by atoms with Crippen LogP contribution >= 0.6 is 0 Å². The molecule has 1 aromatic rings. The van der Waals surface area contributed by atoms with Gasteiger partial charge in [-0.25, -0.2) is 0 Å². The highest BCUT2D eigenvalue weighted by Gasteiger charge is 2.33. The summed E-state index contributed by atoms with van der Waals surface area (Å²) in [7, 11) is 0. The predicted molar refractivity (Wildman–Crippen MR) is 55.6 cm³/mol. The molecule has 0 saturated heterocycles. The third-order valence-corrected chi connectivity index (χ3v) is 3.27. The first-order valence-electron chi connectivity index (χ1n) is 5.20. The van der Waals surface area contributed by atoms with Crippen molar-refractivity contribution in [2.45, 2.75) is 25.2 Å². The van der Waals surface area contributed by atoms with E-state index in [0.717, 1.165) is 11.8 Å². The normalized spacial score (nSPS) is 25.7. The van der Waals surface area contributed by atoms with Crippen molar-refractivity contribution in [2.24, 2.45) is 5.92 Å². The van der Waals surface area contributed by atoms with E-state index in [-0.39, 0.29) is 0 Å². The third kappa shape index (κ3) is 1.21. The summed E-state index contributed by atoms with van der Waals surface area (Å²) in [4.78, 5) is 0. The van der Waals surface area contributed by atoms with Gasteiger partial charge in [0.2, 0.25) is 0 Å². The fourth-order valence-corrected chi connectivity index (χ4v) is 2.41. The molecule has 1 aromatic carbocycles. The standard InChI is InChI=1S/C13H14/c1-2-6-12-10(4-1)5-3-7-13(12)11-8-9-11/h1-6,11,13H,7-9H2.